The normalized spacial score (nSPS) is 15.3. The van der Waals surface area contributed by atoms with Crippen molar-refractivity contribution in [3.8, 4) is 0 Å². The van der Waals surface area contributed by atoms with E-state index in [1.165, 1.54) is 29.2 Å². The van der Waals surface area contributed by atoms with E-state index in [1.54, 1.807) is 49.4 Å². The van der Waals surface area contributed by atoms with Gasteiger partial charge in [-0.25, -0.2) is 17.6 Å². The molecule has 8 heteroatoms. The van der Waals surface area contributed by atoms with E-state index in [0.717, 1.165) is 4.31 Å². The van der Waals surface area contributed by atoms with Crippen molar-refractivity contribution in [3.63, 3.8) is 0 Å². The van der Waals surface area contributed by atoms with E-state index in [1.807, 2.05) is 0 Å². The van der Waals surface area contributed by atoms with Crippen LogP contribution in [-0.4, -0.2) is 14.4 Å². The summed E-state index contributed by atoms with van der Waals surface area (Å²) in [6.45, 7) is 1.57. The first-order valence-electron chi connectivity index (χ1n) is 8.76. The summed E-state index contributed by atoms with van der Waals surface area (Å²) in [5.74, 6) is -0.475. The van der Waals surface area contributed by atoms with Crippen molar-refractivity contribution in [2.24, 2.45) is 0 Å². The smallest absolute Gasteiger partial charge is 0.287 e. The van der Waals surface area contributed by atoms with Crippen LogP contribution in [0, 0.1) is 12.7 Å². The lowest BCUT2D eigenvalue weighted by Gasteiger charge is -2.36. The number of aryl methyl sites for hydroxylation is 1. The van der Waals surface area contributed by atoms with Gasteiger partial charge in [-0.15, -0.1) is 0 Å². The van der Waals surface area contributed by atoms with Crippen LogP contribution in [0.5, 0.6) is 0 Å². The average Bonchev–Trinajstić information content (AvgIpc) is 2.69. The molecule has 0 saturated carbocycles. The molecule has 29 heavy (non-hydrogen) atoms. The Hall–Kier alpha value is -2.90. The highest BCUT2D eigenvalue weighted by Crippen LogP contribution is 2.39. The zero-order chi connectivity index (χ0) is 20.8. The molecule has 5 nitrogen and oxygen atoms in total. The van der Waals surface area contributed by atoms with Crippen LogP contribution >= 0.6 is 11.6 Å². The highest BCUT2D eigenvalue weighted by atomic mass is 35.5. The van der Waals surface area contributed by atoms with Gasteiger partial charge in [0.05, 0.1) is 17.9 Å². The number of anilines is 2. The predicted octanol–water partition coefficient (Wildman–Crippen LogP) is 5.12. The number of carbonyl (C=O) groups is 1. The molecule has 0 aromatic heterocycles. The van der Waals surface area contributed by atoms with Crippen molar-refractivity contribution in [1.29, 1.82) is 0 Å². The molecule has 0 atom stereocenters. The first-order valence-corrected chi connectivity index (χ1v) is 10.6. The third-order valence-corrected chi connectivity index (χ3v) is 6.72. The fraction of sp³-hybridized carbons (Fsp3) is 0.0952. The molecule has 0 unspecified atom stereocenters. The van der Waals surface area contributed by atoms with Crippen molar-refractivity contribution < 1.29 is 17.6 Å². The first kappa shape index (κ1) is 19.4. The van der Waals surface area contributed by atoms with E-state index < -0.39 is 21.9 Å². The van der Waals surface area contributed by atoms with Gasteiger partial charge in [-0.05, 0) is 42.8 Å². The molecule has 0 N–H and O–H groups in total. The fourth-order valence-corrected chi connectivity index (χ4v) is 5.11. The third kappa shape index (κ3) is 3.26. The zero-order valence-corrected chi connectivity index (χ0v) is 16.9. The van der Waals surface area contributed by atoms with Crippen LogP contribution in [0.1, 0.15) is 11.1 Å². The number of fused-ring (bicyclic) bond motifs is 1. The molecule has 0 aliphatic carbocycles. The van der Waals surface area contributed by atoms with Crippen LogP contribution in [0.2, 0.25) is 5.02 Å². The minimum atomic E-state index is -4.17. The standard InChI is InChI=1S/C21H16ClFN2O3S/c1-14-10-11-16(22)12-19(14)25-21(26)24(13-15-6-2-3-7-17(15)23)18-8-4-5-9-20(18)29(25,27)28/h2-12H,13H2,1H3. The second kappa shape index (κ2) is 7.17. The van der Waals surface area contributed by atoms with Crippen LogP contribution in [0.15, 0.2) is 71.6 Å². The van der Waals surface area contributed by atoms with Gasteiger partial charge in [-0.2, -0.15) is 4.31 Å². The van der Waals surface area contributed by atoms with Gasteiger partial charge in [0, 0.05) is 10.6 Å². The molecular weight excluding hydrogens is 415 g/mol. The van der Waals surface area contributed by atoms with Crippen molar-refractivity contribution >= 4 is 39.0 Å². The number of rotatable bonds is 3. The summed E-state index contributed by atoms with van der Waals surface area (Å²) in [6, 6.07) is 16.1. The molecule has 1 aliphatic rings. The van der Waals surface area contributed by atoms with E-state index in [-0.39, 0.29) is 28.4 Å². The lowest BCUT2D eigenvalue weighted by Crippen LogP contribution is -2.51. The van der Waals surface area contributed by atoms with E-state index in [2.05, 4.69) is 0 Å². The van der Waals surface area contributed by atoms with Crippen LogP contribution in [-0.2, 0) is 16.6 Å². The molecule has 0 spiro atoms. The average molecular weight is 431 g/mol. The van der Waals surface area contributed by atoms with Crippen molar-refractivity contribution in [2.75, 3.05) is 9.21 Å². The van der Waals surface area contributed by atoms with Gasteiger partial charge in [0.1, 0.15) is 10.7 Å². The molecule has 0 radical (unpaired) electrons. The maximum atomic E-state index is 14.2. The molecule has 1 aliphatic heterocycles. The predicted molar refractivity (Wildman–Crippen MR) is 110 cm³/mol. The maximum absolute atomic E-state index is 14.2. The summed E-state index contributed by atoms with van der Waals surface area (Å²) < 4.78 is 41.6. The number of urea groups is 1. The number of carbonyl (C=O) groups excluding carboxylic acids is 1. The minimum Gasteiger partial charge on any atom is -0.287 e. The Kier molecular flexibility index (Phi) is 4.80. The lowest BCUT2D eigenvalue weighted by atomic mass is 10.1. The third-order valence-electron chi connectivity index (χ3n) is 4.76. The summed E-state index contributed by atoms with van der Waals surface area (Å²) in [5, 5.41) is 0.299. The Morgan fingerprint density at radius 3 is 2.41 bits per heavy atom. The number of amides is 2. The number of para-hydroxylation sites is 1. The van der Waals surface area contributed by atoms with Crippen molar-refractivity contribution in [3.05, 3.63) is 88.7 Å². The highest BCUT2D eigenvalue weighted by molar-refractivity contribution is 7.94. The van der Waals surface area contributed by atoms with Gasteiger partial charge < -0.3 is 0 Å². The second-order valence-electron chi connectivity index (χ2n) is 6.63. The van der Waals surface area contributed by atoms with Crippen LogP contribution in [0.3, 0.4) is 0 Å². The molecule has 0 saturated heterocycles. The van der Waals surface area contributed by atoms with Gasteiger partial charge in [-0.1, -0.05) is 48.0 Å². The van der Waals surface area contributed by atoms with Gasteiger partial charge in [-0.3, -0.25) is 4.90 Å². The van der Waals surface area contributed by atoms with Crippen molar-refractivity contribution in [2.45, 2.75) is 18.4 Å². The van der Waals surface area contributed by atoms with Gasteiger partial charge >= 0.3 is 6.03 Å². The van der Waals surface area contributed by atoms with E-state index in [0.29, 0.717) is 10.6 Å². The second-order valence-corrected chi connectivity index (χ2v) is 8.82. The van der Waals surface area contributed by atoms with Crippen LogP contribution in [0.4, 0.5) is 20.6 Å². The van der Waals surface area contributed by atoms with Crippen LogP contribution in [0.25, 0.3) is 0 Å². The molecular formula is C21H16ClFN2O3S. The molecule has 0 fully saturated rings. The number of hydrogen-bond donors (Lipinski definition) is 0. The Labute approximate surface area is 173 Å². The quantitative estimate of drug-likeness (QED) is 0.579. The first-order chi connectivity index (χ1) is 13.8. The summed E-state index contributed by atoms with van der Waals surface area (Å²) in [5.41, 5.74) is 1.21. The van der Waals surface area contributed by atoms with Gasteiger partial charge in [0.25, 0.3) is 10.0 Å². The van der Waals surface area contributed by atoms with Crippen LogP contribution < -0.4 is 9.21 Å². The van der Waals surface area contributed by atoms with E-state index in [4.69, 9.17) is 11.6 Å². The number of halogens is 2. The van der Waals surface area contributed by atoms with E-state index in [9.17, 15) is 17.6 Å². The fourth-order valence-electron chi connectivity index (χ4n) is 3.30. The monoisotopic (exact) mass is 430 g/mol. The largest absolute Gasteiger partial charge is 0.343 e. The van der Waals surface area contributed by atoms with Gasteiger partial charge in [0.2, 0.25) is 0 Å². The Bertz CT molecular complexity index is 1230. The molecule has 4 rings (SSSR count). The SMILES string of the molecule is Cc1ccc(Cl)cc1N1C(=O)N(Cc2ccccc2F)c2ccccc2S1(=O)=O. The molecule has 148 valence electrons. The topological polar surface area (TPSA) is 57.7 Å². The summed E-state index contributed by atoms with van der Waals surface area (Å²) in [4.78, 5) is 14.6. The summed E-state index contributed by atoms with van der Waals surface area (Å²) in [7, 11) is -4.17. The zero-order valence-electron chi connectivity index (χ0n) is 15.3. The number of benzene rings is 3. The molecule has 0 bridgehead atoms. The van der Waals surface area contributed by atoms with E-state index >= 15 is 0 Å². The molecule has 1 heterocycles. The number of sulfonamides is 1. The summed E-state index contributed by atoms with van der Waals surface area (Å²) >= 11 is 6.07. The Balaban J connectivity index is 1.92. The molecule has 2 amide bonds. The number of hydrogen-bond acceptors (Lipinski definition) is 3. The Morgan fingerprint density at radius 1 is 0.966 bits per heavy atom. The molecule has 3 aromatic carbocycles. The summed E-state index contributed by atoms with van der Waals surface area (Å²) in [6.07, 6.45) is 0. The Morgan fingerprint density at radius 2 is 1.66 bits per heavy atom. The minimum absolute atomic E-state index is 0.0321. The highest BCUT2D eigenvalue weighted by Gasteiger charge is 2.43. The maximum Gasteiger partial charge on any atom is 0.343 e. The van der Waals surface area contributed by atoms with Gasteiger partial charge in [0.15, 0.2) is 0 Å². The van der Waals surface area contributed by atoms with Crippen molar-refractivity contribution in [1.82, 2.24) is 0 Å². The number of nitrogens with zero attached hydrogens (tertiary/aromatic N) is 2. The molecule has 3 aromatic rings. The lowest BCUT2D eigenvalue weighted by molar-refractivity contribution is 0.253.